The van der Waals surface area contributed by atoms with E-state index in [-0.39, 0.29) is 11.9 Å². The average Bonchev–Trinajstić information content (AvgIpc) is 3.27. The molecule has 2 heterocycles. The summed E-state index contributed by atoms with van der Waals surface area (Å²) >= 11 is 0. The molecule has 1 amide bonds. The molecule has 6 nitrogen and oxygen atoms in total. The van der Waals surface area contributed by atoms with Crippen molar-refractivity contribution in [2.45, 2.75) is 82.2 Å². The topological polar surface area (TPSA) is 74.0 Å². The summed E-state index contributed by atoms with van der Waals surface area (Å²) in [5.74, 6) is 1.11. The van der Waals surface area contributed by atoms with Crippen LogP contribution in [0.4, 0.5) is 0 Å². The van der Waals surface area contributed by atoms with E-state index in [1.54, 1.807) is 0 Å². The molecule has 1 saturated carbocycles. The van der Waals surface area contributed by atoms with E-state index >= 15 is 0 Å². The summed E-state index contributed by atoms with van der Waals surface area (Å²) in [7, 11) is 2.13. The maximum atomic E-state index is 12.8. The van der Waals surface area contributed by atoms with Gasteiger partial charge in [0.05, 0.1) is 24.3 Å². The number of hydrogen-bond donors (Lipinski definition) is 1. The fourth-order valence-electron chi connectivity index (χ4n) is 5.22. The van der Waals surface area contributed by atoms with Crippen molar-refractivity contribution in [1.82, 2.24) is 19.8 Å². The molecule has 2 aliphatic carbocycles. The first kappa shape index (κ1) is 18.5. The number of nitriles is 1. The monoisotopic (exact) mass is 369 g/mol. The van der Waals surface area contributed by atoms with Crippen LogP contribution in [0.5, 0.6) is 0 Å². The predicted molar refractivity (Wildman–Crippen MR) is 103 cm³/mol. The summed E-state index contributed by atoms with van der Waals surface area (Å²) < 4.78 is 2.29. The molecule has 0 aromatic carbocycles. The van der Waals surface area contributed by atoms with E-state index in [0.29, 0.717) is 6.54 Å². The highest BCUT2D eigenvalue weighted by Gasteiger charge is 2.36. The standard InChI is InChI=1S/C21H31N5O/c1-25-17-9-4-3-8-16(17)23-20(25)18-10-7-13-26(18)14-19(27)24-21(15-22)11-5-2-6-12-21/h18H,2-14H2,1H3,(H,24,27)/t18-/m0/s1. The van der Waals surface area contributed by atoms with Gasteiger partial charge in [0, 0.05) is 12.7 Å². The Balaban J connectivity index is 1.45. The van der Waals surface area contributed by atoms with E-state index in [1.165, 1.54) is 24.2 Å². The molecule has 1 N–H and O–H groups in total. The third-order valence-corrected chi connectivity index (χ3v) is 6.72. The minimum absolute atomic E-state index is 0.00989. The molecule has 0 bridgehead atoms. The highest BCUT2D eigenvalue weighted by atomic mass is 16.2. The molecule has 27 heavy (non-hydrogen) atoms. The lowest BCUT2D eigenvalue weighted by molar-refractivity contribution is -0.124. The van der Waals surface area contributed by atoms with Crippen LogP contribution >= 0.6 is 0 Å². The van der Waals surface area contributed by atoms with Crippen molar-refractivity contribution in [3.8, 4) is 6.07 Å². The third-order valence-electron chi connectivity index (χ3n) is 6.72. The Kier molecular flexibility index (Phi) is 5.23. The van der Waals surface area contributed by atoms with Crippen molar-refractivity contribution in [3.05, 3.63) is 17.2 Å². The maximum absolute atomic E-state index is 12.8. The van der Waals surface area contributed by atoms with Gasteiger partial charge in [0.25, 0.3) is 0 Å². The smallest absolute Gasteiger partial charge is 0.235 e. The molecule has 1 atom stereocenters. The van der Waals surface area contributed by atoms with Crippen molar-refractivity contribution in [3.63, 3.8) is 0 Å². The van der Waals surface area contributed by atoms with E-state index in [9.17, 15) is 10.1 Å². The SMILES string of the molecule is Cn1c([C@@H]2CCCN2CC(=O)NC2(C#N)CCCCC2)nc2c1CCCC2. The van der Waals surface area contributed by atoms with E-state index in [4.69, 9.17) is 4.98 Å². The van der Waals surface area contributed by atoms with Crippen molar-refractivity contribution >= 4 is 5.91 Å². The van der Waals surface area contributed by atoms with Crippen LogP contribution in [-0.2, 0) is 24.7 Å². The number of fused-ring (bicyclic) bond motifs is 1. The van der Waals surface area contributed by atoms with Gasteiger partial charge in [0.2, 0.25) is 5.91 Å². The quantitative estimate of drug-likeness (QED) is 0.886. The zero-order chi connectivity index (χ0) is 18.9. The maximum Gasteiger partial charge on any atom is 0.235 e. The van der Waals surface area contributed by atoms with Gasteiger partial charge in [0.15, 0.2) is 0 Å². The lowest BCUT2D eigenvalue weighted by Gasteiger charge is -2.32. The molecule has 4 rings (SSSR count). The van der Waals surface area contributed by atoms with Gasteiger partial charge >= 0.3 is 0 Å². The van der Waals surface area contributed by atoms with Crippen molar-refractivity contribution in [2.24, 2.45) is 7.05 Å². The number of hydrogen-bond acceptors (Lipinski definition) is 4. The Bertz CT molecular complexity index is 740. The number of rotatable bonds is 4. The van der Waals surface area contributed by atoms with Gasteiger partial charge in [-0.3, -0.25) is 9.69 Å². The number of likely N-dealkylation sites (tertiary alicyclic amines) is 1. The number of aryl methyl sites for hydroxylation is 1. The van der Waals surface area contributed by atoms with Crippen molar-refractivity contribution in [1.29, 1.82) is 5.26 Å². The number of nitrogens with one attached hydrogen (secondary N) is 1. The fourth-order valence-corrected chi connectivity index (χ4v) is 5.22. The molecule has 6 heteroatoms. The van der Waals surface area contributed by atoms with Gasteiger partial charge in [-0.05, 0) is 57.9 Å². The number of imidazole rings is 1. The first-order chi connectivity index (χ1) is 13.1. The van der Waals surface area contributed by atoms with Crippen LogP contribution in [0.3, 0.4) is 0 Å². The second kappa shape index (κ2) is 7.63. The largest absolute Gasteiger partial charge is 0.337 e. The summed E-state index contributed by atoms with van der Waals surface area (Å²) in [5, 5.41) is 12.7. The lowest BCUT2D eigenvalue weighted by Crippen LogP contribution is -2.51. The van der Waals surface area contributed by atoms with Gasteiger partial charge < -0.3 is 9.88 Å². The van der Waals surface area contributed by atoms with Crippen molar-refractivity contribution < 1.29 is 4.79 Å². The highest BCUT2D eigenvalue weighted by molar-refractivity contribution is 5.79. The molecule has 1 aliphatic heterocycles. The van der Waals surface area contributed by atoms with Crippen LogP contribution in [0.1, 0.15) is 81.0 Å². The Morgan fingerprint density at radius 3 is 2.74 bits per heavy atom. The molecule has 1 saturated heterocycles. The normalized spacial score (nSPS) is 25.0. The van der Waals surface area contributed by atoms with Crippen LogP contribution in [0.2, 0.25) is 0 Å². The van der Waals surface area contributed by atoms with Gasteiger partial charge in [-0.2, -0.15) is 5.26 Å². The van der Waals surface area contributed by atoms with Gasteiger partial charge in [-0.15, -0.1) is 0 Å². The van der Waals surface area contributed by atoms with Crippen LogP contribution < -0.4 is 5.32 Å². The van der Waals surface area contributed by atoms with E-state index in [2.05, 4.69) is 27.9 Å². The second-order valence-electron chi connectivity index (χ2n) is 8.56. The minimum atomic E-state index is -0.646. The summed E-state index contributed by atoms with van der Waals surface area (Å²) in [4.78, 5) is 20.0. The zero-order valence-electron chi connectivity index (χ0n) is 16.5. The number of amides is 1. The van der Waals surface area contributed by atoms with E-state index < -0.39 is 5.54 Å². The van der Waals surface area contributed by atoms with Gasteiger partial charge in [-0.1, -0.05) is 19.3 Å². The Hall–Kier alpha value is -1.87. The van der Waals surface area contributed by atoms with E-state index in [0.717, 1.165) is 70.2 Å². The zero-order valence-corrected chi connectivity index (χ0v) is 16.5. The molecule has 0 radical (unpaired) electrons. The van der Waals surface area contributed by atoms with Gasteiger partial charge in [0.1, 0.15) is 11.4 Å². The highest BCUT2D eigenvalue weighted by Crippen LogP contribution is 2.34. The molecule has 0 unspecified atom stereocenters. The van der Waals surface area contributed by atoms with E-state index in [1.807, 2.05) is 0 Å². The van der Waals surface area contributed by atoms with Crippen LogP contribution in [0.25, 0.3) is 0 Å². The lowest BCUT2D eigenvalue weighted by atomic mass is 9.83. The molecule has 1 aromatic rings. The Morgan fingerprint density at radius 2 is 2.00 bits per heavy atom. The van der Waals surface area contributed by atoms with Crippen molar-refractivity contribution in [2.75, 3.05) is 13.1 Å². The first-order valence-corrected chi connectivity index (χ1v) is 10.6. The molecule has 146 valence electrons. The first-order valence-electron chi connectivity index (χ1n) is 10.6. The van der Waals surface area contributed by atoms with Crippen LogP contribution in [0, 0.1) is 11.3 Å². The third kappa shape index (κ3) is 3.62. The molecular formula is C21H31N5O. The van der Waals surface area contributed by atoms with Crippen LogP contribution in [0.15, 0.2) is 0 Å². The Labute approximate surface area is 161 Å². The summed E-state index contributed by atoms with van der Waals surface area (Å²) in [6.45, 7) is 1.29. The average molecular weight is 370 g/mol. The number of carbonyl (C=O) groups is 1. The number of carbonyl (C=O) groups excluding carboxylic acids is 1. The molecule has 0 spiro atoms. The summed E-state index contributed by atoms with van der Waals surface area (Å²) in [5.41, 5.74) is 2.01. The van der Waals surface area contributed by atoms with Crippen LogP contribution in [-0.4, -0.2) is 39.0 Å². The second-order valence-corrected chi connectivity index (χ2v) is 8.56. The fraction of sp³-hybridized carbons (Fsp3) is 0.762. The summed E-state index contributed by atoms with van der Waals surface area (Å²) in [6, 6.07) is 2.61. The predicted octanol–water partition coefficient (Wildman–Crippen LogP) is 2.78. The molecular weight excluding hydrogens is 338 g/mol. The number of aromatic nitrogens is 2. The molecule has 3 aliphatic rings. The summed E-state index contributed by atoms with van der Waals surface area (Å²) in [6.07, 6.45) is 11.6. The number of nitrogens with zero attached hydrogens (tertiary/aromatic N) is 4. The minimum Gasteiger partial charge on any atom is -0.337 e. The molecule has 1 aromatic heterocycles. The Morgan fingerprint density at radius 1 is 1.22 bits per heavy atom. The van der Waals surface area contributed by atoms with Gasteiger partial charge in [-0.25, -0.2) is 4.98 Å². The molecule has 2 fully saturated rings.